The standard InChI is InChI=1S/C16H26N2O2/c1-11(2)14(10-20-5)17-9-15(19)18-16-12(3)7-6-8-13(16)4/h6-8,11,14,17H,9-10H2,1-5H3,(H,18,19). The van der Waals surface area contributed by atoms with Gasteiger partial charge in [0.1, 0.15) is 0 Å². The summed E-state index contributed by atoms with van der Waals surface area (Å²) in [5, 5.41) is 6.21. The minimum atomic E-state index is -0.0239. The Morgan fingerprint density at radius 1 is 1.25 bits per heavy atom. The lowest BCUT2D eigenvalue weighted by molar-refractivity contribution is -0.115. The molecule has 1 amide bonds. The van der Waals surface area contributed by atoms with Crippen molar-refractivity contribution in [2.45, 2.75) is 33.7 Å². The van der Waals surface area contributed by atoms with Gasteiger partial charge in [-0.25, -0.2) is 0 Å². The number of ether oxygens (including phenoxy) is 1. The molecule has 20 heavy (non-hydrogen) atoms. The summed E-state index contributed by atoms with van der Waals surface area (Å²) in [6.07, 6.45) is 0. The highest BCUT2D eigenvalue weighted by atomic mass is 16.5. The van der Waals surface area contributed by atoms with Crippen molar-refractivity contribution in [2.24, 2.45) is 5.92 Å². The second kappa shape index (κ2) is 8.02. The highest BCUT2D eigenvalue weighted by Gasteiger charge is 2.14. The molecule has 0 fully saturated rings. The first-order valence-corrected chi connectivity index (χ1v) is 7.04. The average molecular weight is 278 g/mol. The third-order valence-corrected chi connectivity index (χ3v) is 3.42. The van der Waals surface area contributed by atoms with E-state index >= 15 is 0 Å². The molecule has 0 aromatic heterocycles. The van der Waals surface area contributed by atoms with E-state index in [0.29, 0.717) is 19.1 Å². The first kappa shape index (κ1) is 16.7. The van der Waals surface area contributed by atoms with Crippen molar-refractivity contribution in [3.8, 4) is 0 Å². The van der Waals surface area contributed by atoms with Crippen molar-refractivity contribution in [3.63, 3.8) is 0 Å². The van der Waals surface area contributed by atoms with Crippen LogP contribution in [0.1, 0.15) is 25.0 Å². The van der Waals surface area contributed by atoms with Gasteiger partial charge in [-0.15, -0.1) is 0 Å². The lowest BCUT2D eigenvalue weighted by atomic mass is 10.1. The van der Waals surface area contributed by atoms with Crippen molar-refractivity contribution in [3.05, 3.63) is 29.3 Å². The minimum absolute atomic E-state index is 0.0239. The van der Waals surface area contributed by atoms with Crippen LogP contribution in [0, 0.1) is 19.8 Å². The van der Waals surface area contributed by atoms with Gasteiger partial charge in [0.25, 0.3) is 0 Å². The van der Waals surface area contributed by atoms with Gasteiger partial charge < -0.3 is 15.4 Å². The number of amides is 1. The minimum Gasteiger partial charge on any atom is -0.383 e. The number of methoxy groups -OCH3 is 1. The Morgan fingerprint density at radius 2 is 1.85 bits per heavy atom. The van der Waals surface area contributed by atoms with Gasteiger partial charge in [0.05, 0.1) is 13.2 Å². The Labute approximate surface area is 121 Å². The summed E-state index contributed by atoms with van der Waals surface area (Å²) in [7, 11) is 1.67. The number of anilines is 1. The van der Waals surface area contributed by atoms with Gasteiger partial charge >= 0.3 is 0 Å². The van der Waals surface area contributed by atoms with Crippen LogP contribution in [0.2, 0.25) is 0 Å². The molecular formula is C16H26N2O2. The molecule has 1 atom stereocenters. The van der Waals surface area contributed by atoms with Crippen molar-refractivity contribution in [2.75, 3.05) is 25.6 Å². The lowest BCUT2D eigenvalue weighted by Crippen LogP contribution is -2.42. The van der Waals surface area contributed by atoms with E-state index in [4.69, 9.17) is 4.74 Å². The zero-order valence-electron chi connectivity index (χ0n) is 13.1. The number of nitrogens with one attached hydrogen (secondary N) is 2. The van der Waals surface area contributed by atoms with Gasteiger partial charge in [-0.05, 0) is 30.9 Å². The monoisotopic (exact) mass is 278 g/mol. The number of carbonyl (C=O) groups is 1. The predicted octanol–water partition coefficient (Wildman–Crippen LogP) is 2.50. The van der Waals surface area contributed by atoms with Crippen LogP contribution < -0.4 is 10.6 Å². The largest absolute Gasteiger partial charge is 0.383 e. The zero-order chi connectivity index (χ0) is 15.1. The molecule has 4 nitrogen and oxygen atoms in total. The number of rotatable bonds is 7. The second-order valence-electron chi connectivity index (χ2n) is 5.50. The van der Waals surface area contributed by atoms with E-state index in [1.54, 1.807) is 7.11 Å². The number of aryl methyl sites for hydroxylation is 2. The molecule has 1 aromatic carbocycles. The van der Waals surface area contributed by atoms with Crippen LogP contribution >= 0.6 is 0 Å². The zero-order valence-corrected chi connectivity index (χ0v) is 13.1. The van der Waals surface area contributed by atoms with Crippen molar-refractivity contribution < 1.29 is 9.53 Å². The SMILES string of the molecule is COCC(NCC(=O)Nc1c(C)cccc1C)C(C)C. The fraction of sp³-hybridized carbons (Fsp3) is 0.562. The van der Waals surface area contributed by atoms with E-state index in [1.807, 2.05) is 32.0 Å². The predicted molar refractivity (Wildman–Crippen MR) is 83.1 cm³/mol. The van der Waals surface area contributed by atoms with Crippen molar-refractivity contribution in [1.82, 2.24) is 5.32 Å². The summed E-state index contributed by atoms with van der Waals surface area (Å²) in [6, 6.07) is 6.17. The maximum atomic E-state index is 12.0. The summed E-state index contributed by atoms with van der Waals surface area (Å²) in [5.74, 6) is 0.395. The summed E-state index contributed by atoms with van der Waals surface area (Å²) in [5.41, 5.74) is 3.07. The van der Waals surface area contributed by atoms with E-state index in [2.05, 4.69) is 24.5 Å². The summed E-state index contributed by atoms with van der Waals surface area (Å²) in [6.45, 7) is 9.12. The molecule has 1 aromatic rings. The molecule has 0 aliphatic carbocycles. The van der Waals surface area contributed by atoms with Crippen molar-refractivity contribution >= 4 is 11.6 Å². The van der Waals surface area contributed by atoms with Crippen molar-refractivity contribution in [1.29, 1.82) is 0 Å². The second-order valence-corrected chi connectivity index (χ2v) is 5.50. The van der Waals surface area contributed by atoms with Crippen LogP contribution in [-0.4, -0.2) is 32.2 Å². The molecule has 0 saturated carbocycles. The molecule has 0 radical (unpaired) electrons. The molecule has 4 heteroatoms. The first-order valence-electron chi connectivity index (χ1n) is 7.04. The summed E-state index contributed by atoms with van der Waals surface area (Å²) in [4.78, 5) is 12.0. The summed E-state index contributed by atoms with van der Waals surface area (Å²) >= 11 is 0. The molecular weight excluding hydrogens is 252 g/mol. The normalized spacial score (nSPS) is 12.5. The van der Waals surface area contributed by atoms with Gasteiger partial charge in [0.2, 0.25) is 5.91 Å². The Balaban J connectivity index is 2.55. The van der Waals surface area contributed by atoms with Crippen LogP contribution in [0.5, 0.6) is 0 Å². The Hall–Kier alpha value is -1.39. The molecule has 112 valence electrons. The van der Waals surface area contributed by atoms with Crippen LogP contribution in [-0.2, 0) is 9.53 Å². The summed E-state index contributed by atoms with van der Waals surface area (Å²) < 4.78 is 5.16. The highest BCUT2D eigenvalue weighted by Crippen LogP contribution is 2.19. The fourth-order valence-corrected chi connectivity index (χ4v) is 2.09. The van der Waals surface area contributed by atoms with E-state index in [1.165, 1.54) is 0 Å². The Kier molecular flexibility index (Phi) is 6.68. The van der Waals surface area contributed by atoms with E-state index in [9.17, 15) is 4.79 Å². The van der Waals surface area contributed by atoms with Gasteiger partial charge in [0, 0.05) is 18.8 Å². The maximum Gasteiger partial charge on any atom is 0.238 e. The number of benzene rings is 1. The molecule has 0 bridgehead atoms. The van der Waals surface area contributed by atoms with Crippen LogP contribution in [0.15, 0.2) is 18.2 Å². The first-order chi connectivity index (χ1) is 9.45. The number of para-hydroxylation sites is 1. The highest BCUT2D eigenvalue weighted by molar-refractivity contribution is 5.93. The molecule has 2 N–H and O–H groups in total. The molecule has 1 rings (SSSR count). The molecule has 0 saturated heterocycles. The van der Waals surface area contributed by atoms with Gasteiger partial charge in [0.15, 0.2) is 0 Å². The number of hydrogen-bond acceptors (Lipinski definition) is 3. The molecule has 0 aliphatic rings. The quantitative estimate of drug-likeness (QED) is 0.805. The Bertz CT molecular complexity index is 424. The fourth-order valence-electron chi connectivity index (χ4n) is 2.09. The third kappa shape index (κ3) is 4.94. The Morgan fingerprint density at radius 3 is 2.35 bits per heavy atom. The number of hydrogen-bond donors (Lipinski definition) is 2. The maximum absolute atomic E-state index is 12.0. The molecule has 0 heterocycles. The lowest BCUT2D eigenvalue weighted by Gasteiger charge is -2.21. The average Bonchev–Trinajstić information content (AvgIpc) is 2.38. The molecule has 0 spiro atoms. The van der Waals surface area contributed by atoms with Crippen LogP contribution in [0.4, 0.5) is 5.69 Å². The smallest absolute Gasteiger partial charge is 0.238 e. The topological polar surface area (TPSA) is 50.4 Å². The van der Waals surface area contributed by atoms with E-state index < -0.39 is 0 Å². The van der Waals surface area contributed by atoms with Crippen LogP contribution in [0.25, 0.3) is 0 Å². The van der Waals surface area contributed by atoms with Gasteiger partial charge in [-0.3, -0.25) is 4.79 Å². The van der Waals surface area contributed by atoms with E-state index in [0.717, 1.165) is 16.8 Å². The molecule has 1 unspecified atom stereocenters. The third-order valence-electron chi connectivity index (χ3n) is 3.42. The van der Waals surface area contributed by atoms with Gasteiger partial charge in [-0.1, -0.05) is 32.0 Å². The number of carbonyl (C=O) groups excluding carboxylic acids is 1. The molecule has 0 aliphatic heterocycles. The van der Waals surface area contributed by atoms with E-state index in [-0.39, 0.29) is 11.9 Å². The van der Waals surface area contributed by atoms with Gasteiger partial charge in [-0.2, -0.15) is 0 Å². The van der Waals surface area contributed by atoms with Crippen LogP contribution in [0.3, 0.4) is 0 Å².